The lowest BCUT2D eigenvalue weighted by Gasteiger charge is -2.07. The van der Waals surface area contributed by atoms with Crippen LogP contribution >= 0.6 is 0 Å². The van der Waals surface area contributed by atoms with E-state index in [2.05, 4.69) is 0 Å². The van der Waals surface area contributed by atoms with Crippen molar-refractivity contribution in [3.63, 3.8) is 0 Å². The molecule has 0 aliphatic carbocycles. The van der Waals surface area contributed by atoms with Gasteiger partial charge in [0.1, 0.15) is 11.6 Å². The molecule has 156 valence electrons. The van der Waals surface area contributed by atoms with Crippen molar-refractivity contribution in [3.8, 4) is 0 Å². The molecule has 0 saturated carbocycles. The number of rotatable bonds is 3. The van der Waals surface area contributed by atoms with E-state index in [4.69, 9.17) is 5.11 Å². The zero-order valence-corrected chi connectivity index (χ0v) is 14.0. The van der Waals surface area contributed by atoms with E-state index in [1.807, 2.05) is 0 Å². The first kappa shape index (κ1) is 23.8. The van der Waals surface area contributed by atoms with Crippen LogP contribution in [0, 0.1) is 11.6 Å². The quantitative estimate of drug-likeness (QED) is 0.395. The van der Waals surface area contributed by atoms with E-state index in [9.17, 15) is 44.7 Å². The van der Waals surface area contributed by atoms with E-state index in [0.29, 0.717) is 30.3 Å². The normalized spacial score (nSPS) is 11.7. The minimum absolute atomic E-state index is 0.162. The molecule has 3 nitrogen and oxygen atoms in total. The highest BCUT2D eigenvalue weighted by atomic mass is 19.4. The first-order valence-electron chi connectivity index (χ1n) is 7.35. The van der Waals surface area contributed by atoms with Crippen LogP contribution in [-0.4, -0.2) is 17.4 Å². The first-order valence-corrected chi connectivity index (χ1v) is 7.35. The van der Waals surface area contributed by atoms with Gasteiger partial charge in [-0.3, -0.25) is 4.79 Å². The summed E-state index contributed by atoms with van der Waals surface area (Å²) in [5.41, 5.74) is -2.81. The van der Waals surface area contributed by atoms with Crippen LogP contribution in [0.15, 0.2) is 42.5 Å². The molecule has 0 spiro atoms. The summed E-state index contributed by atoms with van der Waals surface area (Å²) in [6.45, 7) is 0. The number of benzene rings is 2. The van der Waals surface area contributed by atoms with E-state index in [1.165, 1.54) is 0 Å². The summed E-state index contributed by atoms with van der Waals surface area (Å²) in [5, 5.41) is 8.26. The topological polar surface area (TPSA) is 54.4 Å². The summed E-state index contributed by atoms with van der Waals surface area (Å²) in [4.78, 5) is 20.2. The predicted molar refractivity (Wildman–Crippen MR) is 84.9 cm³/mol. The Balaban J connectivity index is 0.000000296. The Morgan fingerprint density at radius 1 is 0.793 bits per heavy atom. The maximum Gasteiger partial charge on any atom is 0.416 e. The summed E-state index contributed by atoms with van der Waals surface area (Å²) < 4.78 is 98.0. The van der Waals surface area contributed by atoms with Gasteiger partial charge in [-0.15, -0.1) is 0 Å². The Kier molecular flexibility index (Phi) is 7.64. The molecule has 0 aliphatic rings. The zero-order valence-electron chi connectivity index (χ0n) is 14.0. The number of carboxylic acid groups (broad SMARTS) is 1. The second-order valence-corrected chi connectivity index (χ2v) is 5.26. The second-order valence-electron chi connectivity index (χ2n) is 5.26. The Hall–Kier alpha value is -3.24. The molecule has 0 amide bonds. The van der Waals surface area contributed by atoms with E-state index in [1.54, 1.807) is 0 Å². The molecule has 0 unspecified atom stereocenters. The van der Waals surface area contributed by atoms with Crippen molar-refractivity contribution < 1.29 is 49.8 Å². The highest BCUT2D eigenvalue weighted by Crippen LogP contribution is 2.31. The van der Waals surface area contributed by atoms with Crippen LogP contribution in [0.5, 0.6) is 0 Å². The molecule has 0 fully saturated rings. The Labute approximate surface area is 157 Å². The fourth-order valence-corrected chi connectivity index (χ4v) is 1.80. The number of hydrogen-bond acceptors (Lipinski definition) is 2. The molecule has 0 saturated heterocycles. The lowest BCUT2D eigenvalue weighted by atomic mass is 10.1. The Bertz CT molecular complexity index is 914. The Morgan fingerprint density at radius 3 is 1.52 bits per heavy atom. The zero-order chi connectivity index (χ0) is 22.4. The predicted octanol–water partition coefficient (Wildman–Crippen LogP) is 5.60. The third-order valence-corrected chi connectivity index (χ3v) is 3.19. The van der Waals surface area contributed by atoms with Gasteiger partial charge in [0, 0.05) is 11.6 Å². The van der Waals surface area contributed by atoms with Gasteiger partial charge in [0.05, 0.1) is 16.7 Å². The molecular formula is C18H10F8O3. The lowest BCUT2D eigenvalue weighted by Crippen LogP contribution is -2.05. The van der Waals surface area contributed by atoms with Crippen molar-refractivity contribution in [2.45, 2.75) is 12.4 Å². The number of hydrogen-bond donors (Lipinski definition) is 1. The van der Waals surface area contributed by atoms with Gasteiger partial charge in [-0.1, -0.05) is 6.07 Å². The molecule has 2 rings (SSSR count). The van der Waals surface area contributed by atoms with Gasteiger partial charge < -0.3 is 5.11 Å². The van der Waals surface area contributed by atoms with Crippen molar-refractivity contribution in [1.82, 2.24) is 0 Å². The number of aldehydes is 1. The van der Waals surface area contributed by atoms with Gasteiger partial charge in [-0.25, -0.2) is 13.6 Å². The second kappa shape index (κ2) is 9.30. The third-order valence-electron chi connectivity index (χ3n) is 3.19. The monoisotopic (exact) mass is 426 g/mol. The summed E-state index contributed by atoms with van der Waals surface area (Å²) in [6.07, 6.45) is -7.50. The molecule has 0 aliphatic heterocycles. The van der Waals surface area contributed by atoms with Crippen LogP contribution in [0.3, 0.4) is 0 Å². The summed E-state index contributed by atoms with van der Waals surface area (Å²) in [6, 6.07) is 3.63. The fourth-order valence-electron chi connectivity index (χ4n) is 1.80. The average molecular weight is 426 g/mol. The number of aliphatic carboxylic acids is 1. The van der Waals surface area contributed by atoms with Crippen molar-refractivity contribution in [2.75, 3.05) is 0 Å². The van der Waals surface area contributed by atoms with Gasteiger partial charge in [-0.05, 0) is 36.4 Å². The maximum absolute atomic E-state index is 13.1. The van der Waals surface area contributed by atoms with Crippen LogP contribution in [0.25, 0.3) is 6.08 Å². The molecule has 2 aromatic carbocycles. The molecule has 0 aromatic heterocycles. The highest BCUT2D eigenvalue weighted by Gasteiger charge is 2.31. The number of alkyl halides is 6. The number of carbonyl (C=O) groups excluding carboxylic acids is 1. The number of carboxylic acids is 1. The van der Waals surface area contributed by atoms with Gasteiger partial charge in [0.25, 0.3) is 0 Å². The minimum Gasteiger partial charge on any atom is -0.478 e. The van der Waals surface area contributed by atoms with Crippen LogP contribution in [-0.2, 0) is 17.1 Å². The molecule has 0 radical (unpaired) electrons. The maximum atomic E-state index is 13.1. The first-order chi connectivity index (χ1) is 13.3. The van der Waals surface area contributed by atoms with E-state index < -0.39 is 41.1 Å². The highest BCUT2D eigenvalue weighted by molar-refractivity contribution is 5.85. The molecule has 0 atom stereocenters. The Morgan fingerprint density at radius 2 is 1.21 bits per heavy atom. The molecular weight excluding hydrogens is 416 g/mol. The van der Waals surface area contributed by atoms with Crippen LogP contribution in [0.4, 0.5) is 35.1 Å². The van der Waals surface area contributed by atoms with Gasteiger partial charge in [0.15, 0.2) is 6.29 Å². The van der Waals surface area contributed by atoms with Gasteiger partial charge in [0.2, 0.25) is 0 Å². The molecule has 11 heteroatoms. The van der Waals surface area contributed by atoms with Crippen molar-refractivity contribution in [1.29, 1.82) is 0 Å². The molecule has 2 aromatic rings. The lowest BCUT2D eigenvalue weighted by molar-refractivity contribution is -0.138. The summed E-state index contributed by atoms with van der Waals surface area (Å²) in [5.74, 6) is -3.59. The standard InChI is InChI=1S/C10H6F4O2.C8H4F4O/c11-8-5-7(10(12,13)14)3-1-6(8)2-4-9(15)16;9-7-3-6(8(10,11)12)2-1-5(7)4-13/h1-5H,(H,15,16);1-4H. The van der Waals surface area contributed by atoms with Crippen LogP contribution in [0.1, 0.15) is 27.0 Å². The van der Waals surface area contributed by atoms with Gasteiger partial charge >= 0.3 is 18.3 Å². The third kappa shape index (κ3) is 7.35. The molecule has 1 N–H and O–H groups in total. The van der Waals surface area contributed by atoms with Crippen molar-refractivity contribution >= 4 is 18.3 Å². The van der Waals surface area contributed by atoms with E-state index >= 15 is 0 Å². The minimum atomic E-state index is -4.62. The summed E-state index contributed by atoms with van der Waals surface area (Å²) >= 11 is 0. The van der Waals surface area contributed by atoms with Gasteiger partial charge in [-0.2, -0.15) is 26.3 Å². The fraction of sp³-hybridized carbons (Fsp3) is 0.111. The smallest absolute Gasteiger partial charge is 0.416 e. The van der Waals surface area contributed by atoms with Crippen molar-refractivity contribution in [2.24, 2.45) is 0 Å². The molecule has 0 bridgehead atoms. The molecule has 0 heterocycles. The molecule has 29 heavy (non-hydrogen) atoms. The number of halogens is 8. The van der Waals surface area contributed by atoms with E-state index in [0.717, 1.165) is 18.2 Å². The van der Waals surface area contributed by atoms with E-state index in [-0.39, 0.29) is 17.4 Å². The van der Waals surface area contributed by atoms with Crippen LogP contribution in [0.2, 0.25) is 0 Å². The average Bonchev–Trinajstić information content (AvgIpc) is 2.59. The number of carbonyl (C=O) groups is 2. The largest absolute Gasteiger partial charge is 0.478 e. The SMILES string of the molecule is O=C(O)C=Cc1ccc(C(F)(F)F)cc1F.O=Cc1ccc(C(F)(F)F)cc1F. The summed E-state index contributed by atoms with van der Waals surface area (Å²) in [7, 11) is 0. The van der Waals surface area contributed by atoms with Crippen molar-refractivity contribution in [3.05, 3.63) is 76.4 Å². The van der Waals surface area contributed by atoms with Crippen LogP contribution < -0.4 is 0 Å².